The molecule has 0 radical (unpaired) electrons. The van der Waals surface area contributed by atoms with E-state index in [9.17, 15) is 14.4 Å². The first-order valence-electron chi connectivity index (χ1n) is 9.50. The minimum atomic E-state index is -0.615. The number of carbonyl (C=O) groups excluding carboxylic acids is 3. The fourth-order valence-electron chi connectivity index (χ4n) is 5.08. The van der Waals surface area contributed by atoms with E-state index in [-0.39, 0.29) is 23.6 Å². The fourth-order valence-corrected chi connectivity index (χ4v) is 5.08. The largest absolute Gasteiger partial charge is 0.353 e. The molecule has 3 aliphatic rings. The van der Waals surface area contributed by atoms with Gasteiger partial charge in [-0.05, 0) is 59.2 Å². The van der Waals surface area contributed by atoms with E-state index in [1.165, 1.54) is 11.8 Å². The van der Waals surface area contributed by atoms with E-state index in [1.807, 2.05) is 51.7 Å². The third-order valence-corrected chi connectivity index (χ3v) is 6.09. The molecule has 0 spiro atoms. The number of fused-ring (bicyclic) bond motifs is 5. The van der Waals surface area contributed by atoms with Gasteiger partial charge in [-0.15, -0.1) is 0 Å². The third-order valence-electron chi connectivity index (χ3n) is 6.09. The fraction of sp³-hybridized carbons (Fsp3) is 0.500. The SMILES string of the molecule is CC(=O)[C@@H]1[C@H]2C(=O)N(C(C)(C)C)C(=O)[C@@H]2[C@H]2C=C(C)c3cc(C)ccc3N21. The van der Waals surface area contributed by atoms with Gasteiger partial charge >= 0.3 is 0 Å². The van der Waals surface area contributed by atoms with Crippen LogP contribution in [0.2, 0.25) is 0 Å². The molecule has 27 heavy (non-hydrogen) atoms. The molecular formula is C22H26N2O3. The average molecular weight is 366 g/mol. The molecule has 1 aromatic rings. The smallest absolute Gasteiger partial charge is 0.236 e. The first-order valence-corrected chi connectivity index (χ1v) is 9.50. The van der Waals surface area contributed by atoms with Crippen molar-refractivity contribution in [2.24, 2.45) is 11.8 Å². The number of likely N-dealkylation sites (tertiary alicyclic amines) is 1. The molecule has 0 N–H and O–H groups in total. The minimum Gasteiger partial charge on any atom is -0.353 e. The van der Waals surface area contributed by atoms with Crippen LogP contribution in [-0.2, 0) is 14.4 Å². The number of aryl methyl sites for hydroxylation is 1. The monoisotopic (exact) mass is 366 g/mol. The van der Waals surface area contributed by atoms with E-state index < -0.39 is 23.4 Å². The van der Waals surface area contributed by atoms with Crippen molar-refractivity contribution in [3.8, 4) is 0 Å². The van der Waals surface area contributed by atoms with Crippen molar-refractivity contribution in [2.45, 2.75) is 59.2 Å². The van der Waals surface area contributed by atoms with Crippen LogP contribution in [0.15, 0.2) is 24.3 Å². The summed E-state index contributed by atoms with van der Waals surface area (Å²) in [6.45, 7) is 11.2. The zero-order chi connectivity index (χ0) is 19.8. The van der Waals surface area contributed by atoms with Crippen LogP contribution in [0.3, 0.4) is 0 Å². The molecule has 3 heterocycles. The Morgan fingerprint density at radius 3 is 2.26 bits per heavy atom. The van der Waals surface area contributed by atoms with Gasteiger partial charge in [0.15, 0.2) is 5.78 Å². The van der Waals surface area contributed by atoms with Crippen LogP contribution in [0.4, 0.5) is 5.69 Å². The number of carbonyl (C=O) groups is 3. The quantitative estimate of drug-likeness (QED) is 0.717. The standard InChI is InChI=1S/C22H26N2O3/c1-11-7-8-15-14(9-11)12(2)10-16-17-18(19(13(3)25)23(15)16)21(27)24(20(17)26)22(4,5)6/h7-10,16-19H,1-6H3/t16-,17-,18+,19-/m1/s1. The molecule has 5 nitrogen and oxygen atoms in total. The second-order valence-electron chi connectivity index (χ2n) is 9.06. The van der Waals surface area contributed by atoms with Gasteiger partial charge in [0.05, 0.1) is 17.9 Å². The number of hydrogen-bond donors (Lipinski definition) is 0. The van der Waals surface area contributed by atoms with Gasteiger partial charge in [0.25, 0.3) is 0 Å². The molecule has 4 rings (SSSR count). The van der Waals surface area contributed by atoms with Crippen LogP contribution in [0.5, 0.6) is 0 Å². The average Bonchev–Trinajstić information content (AvgIpc) is 3.01. The summed E-state index contributed by atoms with van der Waals surface area (Å²) in [6, 6.07) is 5.28. The van der Waals surface area contributed by atoms with E-state index in [4.69, 9.17) is 0 Å². The van der Waals surface area contributed by atoms with E-state index in [2.05, 4.69) is 12.1 Å². The molecule has 0 saturated carbocycles. The maximum absolute atomic E-state index is 13.3. The highest BCUT2D eigenvalue weighted by atomic mass is 16.2. The summed E-state index contributed by atoms with van der Waals surface area (Å²) < 4.78 is 0. The number of nitrogens with zero attached hydrogens (tertiary/aromatic N) is 2. The second kappa shape index (κ2) is 5.54. The number of imide groups is 1. The highest BCUT2D eigenvalue weighted by Gasteiger charge is 2.64. The molecule has 2 fully saturated rings. The van der Waals surface area contributed by atoms with Gasteiger partial charge in [0.2, 0.25) is 11.8 Å². The highest BCUT2D eigenvalue weighted by molar-refractivity contribution is 6.11. The Morgan fingerprint density at radius 1 is 1.04 bits per heavy atom. The predicted octanol–water partition coefficient (Wildman–Crippen LogP) is 2.96. The Labute approximate surface area is 160 Å². The maximum Gasteiger partial charge on any atom is 0.236 e. The van der Waals surface area contributed by atoms with Crippen LogP contribution < -0.4 is 4.90 Å². The molecule has 2 amide bonds. The molecule has 0 aliphatic carbocycles. The lowest BCUT2D eigenvalue weighted by molar-refractivity contribution is -0.146. The topological polar surface area (TPSA) is 57.7 Å². The molecular weight excluding hydrogens is 340 g/mol. The second-order valence-corrected chi connectivity index (χ2v) is 9.06. The zero-order valence-electron chi connectivity index (χ0n) is 16.7. The van der Waals surface area contributed by atoms with E-state index in [1.54, 1.807) is 0 Å². The van der Waals surface area contributed by atoms with Crippen molar-refractivity contribution in [1.82, 2.24) is 4.90 Å². The number of benzene rings is 1. The molecule has 142 valence electrons. The Kier molecular flexibility index (Phi) is 3.68. The van der Waals surface area contributed by atoms with Gasteiger partial charge in [-0.25, -0.2) is 0 Å². The van der Waals surface area contributed by atoms with Gasteiger partial charge in [0.1, 0.15) is 6.04 Å². The molecule has 3 aliphatic heterocycles. The van der Waals surface area contributed by atoms with Crippen LogP contribution in [-0.4, -0.2) is 40.1 Å². The summed E-state index contributed by atoms with van der Waals surface area (Å²) in [6.07, 6.45) is 2.07. The number of amides is 2. The molecule has 0 unspecified atom stereocenters. The van der Waals surface area contributed by atoms with Crippen molar-refractivity contribution >= 4 is 28.9 Å². The minimum absolute atomic E-state index is 0.0658. The van der Waals surface area contributed by atoms with Gasteiger partial charge in [0, 0.05) is 16.8 Å². The van der Waals surface area contributed by atoms with Crippen LogP contribution in [0.25, 0.3) is 5.57 Å². The summed E-state index contributed by atoms with van der Waals surface area (Å²) in [5.41, 5.74) is 3.66. The van der Waals surface area contributed by atoms with Crippen molar-refractivity contribution in [2.75, 3.05) is 4.90 Å². The first kappa shape index (κ1) is 18.0. The summed E-state index contributed by atoms with van der Waals surface area (Å²) in [5, 5.41) is 0. The third kappa shape index (κ3) is 2.33. The molecule has 1 aromatic carbocycles. The van der Waals surface area contributed by atoms with E-state index >= 15 is 0 Å². The lowest BCUT2D eigenvalue weighted by Crippen LogP contribution is -2.52. The van der Waals surface area contributed by atoms with Gasteiger partial charge in [-0.3, -0.25) is 19.3 Å². The number of allylic oxidation sites excluding steroid dienone is 1. The first-order chi connectivity index (χ1) is 12.5. The Balaban J connectivity index is 1.90. The lowest BCUT2D eigenvalue weighted by atomic mass is 9.87. The predicted molar refractivity (Wildman–Crippen MR) is 104 cm³/mol. The molecule has 5 heteroatoms. The normalized spacial score (nSPS) is 29.5. The Morgan fingerprint density at radius 2 is 1.67 bits per heavy atom. The highest BCUT2D eigenvalue weighted by Crippen LogP contribution is 2.51. The number of anilines is 1. The summed E-state index contributed by atoms with van der Waals surface area (Å²) in [5.74, 6) is -1.56. The van der Waals surface area contributed by atoms with Crippen LogP contribution >= 0.6 is 0 Å². The number of hydrogen-bond acceptors (Lipinski definition) is 4. The van der Waals surface area contributed by atoms with E-state index in [0.29, 0.717) is 0 Å². The zero-order valence-corrected chi connectivity index (χ0v) is 16.7. The van der Waals surface area contributed by atoms with Gasteiger partial charge < -0.3 is 4.90 Å². The van der Waals surface area contributed by atoms with Crippen molar-refractivity contribution in [1.29, 1.82) is 0 Å². The molecule has 4 atom stereocenters. The van der Waals surface area contributed by atoms with E-state index in [0.717, 1.165) is 22.4 Å². The maximum atomic E-state index is 13.3. The number of rotatable bonds is 1. The lowest BCUT2D eigenvalue weighted by Gasteiger charge is -2.39. The molecule has 0 bridgehead atoms. The summed E-state index contributed by atoms with van der Waals surface area (Å²) in [7, 11) is 0. The van der Waals surface area contributed by atoms with Crippen molar-refractivity contribution < 1.29 is 14.4 Å². The Hall–Kier alpha value is -2.43. The number of Topliss-reactive ketones (excluding diaryl/α,β-unsaturated/α-hetero) is 1. The van der Waals surface area contributed by atoms with Gasteiger partial charge in [-0.1, -0.05) is 17.7 Å². The summed E-state index contributed by atoms with van der Waals surface area (Å²) in [4.78, 5) is 42.6. The van der Waals surface area contributed by atoms with Crippen LogP contribution in [0.1, 0.15) is 45.7 Å². The van der Waals surface area contributed by atoms with Crippen LogP contribution in [0, 0.1) is 18.8 Å². The molecule has 2 saturated heterocycles. The number of ketones is 1. The van der Waals surface area contributed by atoms with Crippen molar-refractivity contribution in [3.05, 3.63) is 35.4 Å². The van der Waals surface area contributed by atoms with Crippen molar-refractivity contribution in [3.63, 3.8) is 0 Å². The van der Waals surface area contributed by atoms with Gasteiger partial charge in [-0.2, -0.15) is 0 Å². The summed E-state index contributed by atoms with van der Waals surface area (Å²) >= 11 is 0. The Bertz CT molecular complexity index is 909. The molecule has 0 aromatic heterocycles.